The predicted molar refractivity (Wildman–Crippen MR) is 246 cm³/mol. The van der Waals surface area contributed by atoms with Crippen LogP contribution >= 0.6 is 0 Å². The molecule has 1 unspecified atom stereocenters. The Morgan fingerprint density at radius 3 is 2.05 bits per heavy atom. The number of allylic oxidation sites excluding steroid dienone is 3. The maximum atomic E-state index is 2.59. The second-order valence-electron chi connectivity index (χ2n) is 16.6. The zero-order valence-electron chi connectivity index (χ0n) is 33.2. The Morgan fingerprint density at radius 1 is 0.569 bits per heavy atom. The van der Waals surface area contributed by atoms with Gasteiger partial charge in [0.1, 0.15) is 0 Å². The van der Waals surface area contributed by atoms with Crippen LogP contribution in [0.5, 0.6) is 0 Å². The van der Waals surface area contributed by atoms with Gasteiger partial charge in [0.25, 0.3) is 0 Å². The fourth-order valence-corrected chi connectivity index (χ4v) is 9.99. The van der Waals surface area contributed by atoms with Gasteiger partial charge in [-0.3, -0.25) is 0 Å². The molecule has 0 fully saturated rings. The highest BCUT2D eigenvalue weighted by Crippen LogP contribution is 2.55. The van der Waals surface area contributed by atoms with Crippen molar-refractivity contribution >= 4 is 49.5 Å². The summed E-state index contributed by atoms with van der Waals surface area (Å²) in [6.45, 7) is 7.11. The SMILES string of the molecule is CC1C=C(c2cccc3cccc(-c4ccccc4)c23)C(N(c2ccc3c(c2)c2ccccc2n3-c2ccccc2)c2cccc3c2-c2ccccc2C3(C)C)=CC1. The highest BCUT2D eigenvalue weighted by molar-refractivity contribution is 6.12. The average Bonchev–Trinajstić information content (AvgIpc) is 3.73. The second-order valence-corrected chi connectivity index (χ2v) is 16.6. The number of nitrogens with zero attached hydrogens (tertiary/aromatic N) is 2. The molecule has 0 saturated heterocycles. The Hall–Kier alpha value is -6.90. The van der Waals surface area contributed by atoms with E-state index >= 15 is 0 Å². The number of hydrogen-bond donors (Lipinski definition) is 0. The third-order valence-corrected chi connectivity index (χ3v) is 12.7. The van der Waals surface area contributed by atoms with Crippen LogP contribution in [0.3, 0.4) is 0 Å². The van der Waals surface area contributed by atoms with E-state index in [9.17, 15) is 0 Å². The number of para-hydroxylation sites is 2. The molecular weight excluding hydrogens is 701 g/mol. The molecule has 0 radical (unpaired) electrons. The molecule has 0 N–H and O–H groups in total. The summed E-state index contributed by atoms with van der Waals surface area (Å²) < 4.78 is 2.41. The topological polar surface area (TPSA) is 8.17 Å². The first-order valence-corrected chi connectivity index (χ1v) is 20.6. The maximum absolute atomic E-state index is 2.59. The predicted octanol–water partition coefficient (Wildman–Crippen LogP) is 15.1. The Balaban J connectivity index is 1.20. The molecule has 58 heavy (non-hydrogen) atoms. The van der Waals surface area contributed by atoms with Crippen LogP contribution in [0, 0.1) is 5.92 Å². The van der Waals surface area contributed by atoms with Crippen LogP contribution in [0.4, 0.5) is 11.4 Å². The molecule has 0 aliphatic heterocycles. The fraction of sp³-hybridized carbons (Fsp3) is 0.107. The summed E-state index contributed by atoms with van der Waals surface area (Å²) in [5, 5.41) is 5.02. The van der Waals surface area contributed by atoms with Crippen molar-refractivity contribution in [2.24, 2.45) is 5.92 Å². The molecule has 0 saturated carbocycles. The summed E-state index contributed by atoms with van der Waals surface area (Å²) in [7, 11) is 0. The van der Waals surface area contributed by atoms with Crippen molar-refractivity contribution in [3.05, 3.63) is 217 Å². The van der Waals surface area contributed by atoms with Crippen LogP contribution in [0.25, 0.3) is 66.1 Å². The molecule has 11 rings (SSSR count). The molecule has 1 heterocycles. The van der Waals surface area contributed by atoms with E-state index in [1.807, 2.05) is 0 Å². The number of hydrogen-bond acceptors (Lipinski definition) is 1. The van der Waals surface area contributed by atoms with E-state index in [4.69, 9.17) is 0 Å². The minimum Gasteiger partial charge on any atom is -0.310 e. The monoisotopic (exact) mass is 744 g/mol. The van der Waals surface area contributed by atoms with Gasteiger partial charge in [-0.2, -0.15) is 0 Å². The summed E-state index contributed by atoms with van der Waals surface area (Å²) in [6, 6.07) is 67.2. The van der Waals surface area contributed by atoms with E-state index in [2.05, 4.69) is 224 Å². The van der Waals surface area contributed by atoms with Crippen molar-refractivity contribution in [2.75, 3.05) is 4.90 Å². The summed E-state index contributed by atoms with van der Waals surface area (Å²) in [6.07, 6.45) is 5.99. The number of fused-ring (bicyclic) bond motifs is 7. The van der Waals surface area contributed by atoms with Gasteiger partial charge in [0.15, 0.2) is 0 Å². The molecule has 9 aromatic rings. The van der Waals surface area contributed by atoms with E-state index in [1.165, 1.54) is 88.5 Å². The van der Waals surface area contributed by atoms with Crippen LogP contribution in [0.2, 0.25) is 0 Å². The minimum atomic E-state index is -0.130. The third kappa shape index (κ3) is 5.25. The van der Waals surface area contributed by atoms with Crippen LogP contribution in [-0.2, 0) is 5.41 Å². The standard InChI is InChI=1S/C56H44N2/c1-37-31-33-51(46(35-37)44-26-15-20-39-19-14-25-42(54(39)44)38-17-6-4-7-18-38)58(53-30-16-28-49-55(53)45-24-10-12-27-48(45)56(49,2)3)41-32-34-52-47(36-41)43-23-11-13-29-50(43)57(52)40-21-8-5-9-22-40/h4-30,32-37H,31H2,1-3H3. The normalized spacial score (nSPS) is 15.6. The lowest BCUT2D eigenvalue weighted by molar-refractivity contribution is 0.660. The first-order chi connectivity index (χ1) is 28.5. The fourth-order valence-electron chi connectivity index (χ4n) is 9.99. The van der Waals surface area contributed by atoms with Crippen LogP contribution in [0.1, 0.15) is 43.9 Å². The van der Waals surface area contributed by atoms with Crippen LogP contribution < -0.4 is 4.90 Å². The van der Waals surface area contributed by atoms with Crippen molar-refractivity contribution in [3.8, 4) is 27.9 Å². The number of anilines is 2. The van der Waals surface area contributed by atoms with Crippen molar-refractivity contribution in [1.82, 2.24) is 4.57 Å². The lowest BCUT2D eigenvalue weighted by atomic mass is 9.82. The molecule has 278 valence electrons. The van der Waals surface area contributed by atoms with Gasteiger partial charge >= 0.3 is 0 Å². The van der Waals surface area contributed by atoms with Gasteiger partial charge in [-0.15, -0.1) is 0 Å². The van der Waals surface area contributed by atoms with Gasteiger partial charge in [-0.25, -0.2) is 0 Å². The number of rotatable bonds is 6. The largest absolute Gasteiger partial charge is 0.310 e. The third-order valence-electron chi connectivity index (χ3n) is 12.7. The van der Waals surface area contributed by atoms with Crippen molar-refractivity contribution in [1.29, 1.82) is 0 Å². The molecular formula is C56H44N2. The number of aromatic nitrogens is 1. The lowest BCUT2D eigenvalue weighted by Gasteiger charge is -2.34. The van der Waals surface area contributed by atoms with Crippen LogP contribution in [-0.4, -0.2) is 4.57 Å². The first kappa shape index (κ1) is 34.4. The van der Waals surface area contributed by atoms with Crippen molar-refractivity contribution in [3.63, 3.8) is 0 Å². The summed E-state index contributed by atoms with van der Waals surface area (Å²) in [5.74, 6) is 0.382. The smallest absolute Gasteiger partial charge is 0.0543 e. The first-order valence-electron chi connectivity index (χ1n) is 20.6. The molecule has 0 bridgehead atoms. The molecule has 1 aromatic heterocycles. The van der Waals surface area contributed by atoms with E-state index in [1.54, 1.807) is 0 Å². The van der Waals surface area contributed by atoms with Gasteiger partial charge in [0.2, 0.25) is 0 Å². The summed E-state index contributed by atoms with van der Waals surface area (Å²) in [4.78, 5) is 2.59. The highest BCUT2D eigenvalue weighted by Gasteiger charge is 2.38. The summed E-state index contributed by atoms with van der Waals surface area (Å²) >= 11 is 0. The Bertz CT molecular complexity index is 3120. The Labute approximate surface area is 340 Å². The second kappa shape index (κ2) is 13.4. The van der Waals surface area contributed by atoms with Gasteiger partial charge < -0.3 is 9.47 Å². The molecule has 2 nitrogen and oxygen atoms in total. The zero-order chi connectivity index (χ0) is 39.0. The van der Waals surface area contributed by atoms with Crippen molar-refractivity contribution < 1.29 is 0 Å². The Morgan fingerprint density at radius 2 is 1.22 bits per heavy atom. The molecule has 2 aliphatic rings. The van der Waals surface area contributed by atoms with Gasteiger partial charge in [-0.05, 0) is 99.0 Å². The molecule has 0 amide bonds. The quantitative estimate of drug-likeness (QED) is 0.165. The van der Waals surface area contributed by atoms with E-state index in [-0.39, 0.29) is 5.41 Å². The maximum Gasteiger partial charge on any atom is 0.0543 e. The van der Waals surface area contributed by atoms with Crippen molar-refractivity contribution in [2.45, 2.75) is 32.6 Å². The van der Waals surface area contributed by atoms with Gasteiger partial charge in [-0.1, -0.05) is 172 Å². The summed E-state index contributed by atoms with van der Waals surface area (Å²) in [5.41, 5.74) is 17.4. The molecule has 2 aliphatic carbocycles. The minimum absolute atomic E-state index is 0.130. The lowest BCUT2D eigenvalue weighted by Crippen LogP contribution is -2.22. The Kier molecular flexibility index (Phi) is 7.91. The molecule has 1 atom stereocenters. The zero-order valence-corrected chi connectivity index (χ0v) is 33.2. The number of benzene rings is 8. The molecule has 0 spiro atoms. The van der Waals surface area contributed by atoms with E-state index in [0.717, 1.165) is 17.8 Å². The van der Waals surface area contributed by atoms with Gasteiger partial charge in [0.05, 0.1) is 16.7 Å². The molecule has 2 heteroatoms. The van der Waals surface area contributed by atoms with E-state index in [0.29, 0.717) is 5.92 Å². The van der Waals surface area contributed by atoms with Gasteiger partial charge in [0, 0.05) is 44.4 Å². The highest BCUT2D eigenvalue weighted by atomic mass is 15.2. The van der Waals surface area contributed by atoms with Crippen LogP contribution in [0.15, 0.2) is 200 Å². The van der Waals surface area contributed by atoms with E-state index < -0.39 is 0 Å². The average molecular weight is 745 g/mol. The molecule has 8 aromatic carbocycles.